The molecule has 118 valence electrons. The second-order valence-electron chi connectivity index (χ2n) is 6.07. The zero-order valence-corrected chi connectivity index (χ0v) is 14.4. The van der Waals surface area contributed by atoms with E-state index in [1.807, 2.05) is 25.2 Å². The summed E-state index contributed by atoms with van der Waals surface area (Å²) in [6.45, 7) is 2.16. The van der Waals surface area contributed by atoms with Crippen LogP contribution in [-0.4, -0.2) is 7.05 Å². The smallest absolute Gasteiger partial charge is 0.0409 e. The summed E-state index contributed by atoms with van der Waals surface area (Å²) in [4.78, 5) is 0. The quantitative estimate of drug-likeness (QED) is 0.635. The fraction of sp³-hybridized carbons (Fsp3) is 0.238. The van der Waals surface area contributed by atoms with Crippen molar-refractivity contribution in [3.63, 3.8) is 0 Å². The lowest BCUT2D eigenvalue weighted by molar-refractivity contribution is 0.549. The van der Waals surface area contributed by atoms with Gasteiger partial charge >= 0.3 is 0 Å². The molecule has 23 heavy (non-hydrogen) atoms. The molecule has 0 saturated carbocycles. The van der Waals surface area contributed by atoms with Gasteiger partial charge in [0.05, 0.1) is 0 Å². The molecule has 0 heterocycles. The summed E-state index contributed by atoms with van der Waals surface area (Å²) in [5, 5.41) is 6.87. The normalized spacial score (nSPS) is 12.5. The predicted molar refractivity (Wildman–Crippen MR) is 100 cm³/mol. The Morgan fingerprint density at radius 1 is 1.00 bits per heavy atom. The Morgan fingerprint density at radius 2 is 1.83 bits per heavy atom. The molecular formula is C21H22ClN. The summed E-state index contributed by atoms with van der Waals surface area (Å²) in [7, 11) is 2.01. The third kappa shape index (κ3) is 3.74. The van der Waals surface area contributed by atoms with Crippen LogP contribution in [0.25, 0.3) is 10.8 Å². The number of aryl methyl sites for hydroxylation is 2. The Labute approximate surface area is 143 Å². The van der Waals surface area contributed by atoms with Crippen LogP contribution in [0.3, 0.4) is 0 Å². The van der Waals surface area contributed by atoms with Gasteiger partial charge < -0.3 is 5.32 Å². The molecule has 0 aliphatic rings. The summed E-state index contributed by atoms with van der Waals surface area (Å²) in [5.74, 6) is 0. The van der Waals surface area contributed by atoms with Crippen LogP contribution in [-0.2, 0) is 6.42 Å². The fourth-order valence-electron chi connectivity index (χ4n) is 3.16. The van der Waals surface area contributed by atoms with E-state index < -0.39 is 0 Å². The highest BCUT2D eigenvalue weighted by atomic mass is 35.5. The summed E-state index contributed by atoms with van der Waals surface area (Å²) < 4.78 is 0. The summed E-state index contributed by atoms with van der Waals surface area (Å²) in [6, 6.07) is 21.7. The van der Waals surface area contributed by atoms with Crippen molar-refractivity contribution in [2.45, 2.75) is 25.8 Å². The lowest BCUT2D eigenvalue weighted by Crippen LogP contribution is -2.17. The van der Waals surface area contributed by atoms with Crippen molar-refractivity contribution in [3.8, 4) is 0 Å². The number of hydrogen-bond acceptors (Lipinski definition) is 1. The van der Waals surface area contributed by atoms with Gasteiger partial charge in [-0.15, -0.1) is 0 Å². The van der Waals surface area contributed by atoms with Crippen molar-refractivity contribution < 1.29 is 0 Å². The van der Waals surface area contributed by atoms with Gasteiger partial charge in [-0.25, -0.2) is 0 Å². The minimum Gasteiger partial charge on any atom is -0.313 e. The lowest BCUT2D eigenvalue weighted by Gasteiger charge is -2.17. The van der Waals surface area contributed by atoms with E-state index in [4.69, 9.17) is 11.6 Å². The Bertz CT molecular complexity index is 810. The number of benzene rings is 3. The van der Waals surface area contributed by atoms with Crippen LogP contribution in [0.5, 0.6) is 0 Å². The molecule has 0 saturated heterocycles. The molecule has 3 rings (SSSR count). The Morgan fingerprint density at radius 3 is 2.61 bits per heavy atom. The maximum atomic E-state index is 6.12. The average molecular weight is 324 g/mol. The van der Waals surface area contributed by atoms with Gasteiger partial charge in [-0.1, -0.05) is 60.1 Å². The summed E-state index contributed by atoms with van der Waals surface area (Å²) in [5.41, 5.74) is 3.96. The number of fused-ring (bicyclic) bond motifs is 1. The fourth-order valence-corrected chi connectivity index (χ4v) is 3.36. The SMILES string of the molecule is CNC(CCc1ccc2c(C)cccc2c1)c1cccc(Cl)c1. The minimum atomic E-state index is 0.321. The molecule has 1 N–H and O–H groups in total. The second-order valence-corrected chi connectivity index (χ2v) is 6.50. The van der Waals surface area contributed by atoms with E-state index in [1.165, 1.54) is 27.5 Å². The highest BCUT2D eigenvalue weighted by molar-refractivity contribution is 6.30. The molecule has 0 radical (unpaired) electrons. The van der Waals surface area contributed by atoms with Crippen LogP contribution >= 0.6 is 11.6 Å². The molecular weight excluding hydrogens is 302 g/mol. The molecule has 0 spiro atoms. The van der Waals surface area contributed by atoms with Gasteiger partial charge in [0.25, 0.3) is 0 Å². The van der Waals surface area contributed by atoms with E-state index in [2.05, 4.69) is 54.7 Å². The van der Waals surface area contributed by atoms with Gasteiger partial charge in [-0.2, -0.15) is 0 Å². The van der Waals surface area contributed by atoms with Crippen molar-refractivity contribution in [1.82, 2.24) is 5.32 Å². The van der Waals surface area contributed by atoms with E-state index in [1.54, 1.807) is 0 Å². The molecule has 0 aromatic heterocycles. The second kappa shape index (κ2) is 7.16. The number of halogens is 1. The third-order valence-corrected chi connectivity index (χ3v) is 4.72. The Kier molecular flexibility index (Phi) is 5.00. The lowest BCUT2D eigenvalue weighted by atomic mass is 9.97. The van der Waals surface area contributed by atoms with Crippen molar-refractivity contribution in [2.75, 3.05) is 7.05 Å². The highest BCUT2D eigenvalue weighted by Gasteiger charge is 2.10. The van der Waals surface area contributed by atoms with Crippen molar-refractivity contribution in [2.24, 2.45) is 0 Å². The van der Waals surface area contributed by atoms with E-state index >= 15 is 0 Å². The maximum Gasteiger partial charge on any atom is 0.0409 e. The molecule has 2 heteroatoms. The average Bonchev–Trinajstić information content (AvgIpc) is 2.56. The summed E-state index contributed by atoms with van der Waals surface area (Å²) in [6.07, 6.45) is 2.09. The van der Waals surface area contributed by atoms with Crippen LogP contribution in [0.4, 0.5) is 0 Å². The monoisotopic (exact) mass is 323 g/mol. The minimum absolute atomic E-state index is 0.321. The zero-order chi connectivity index (χ0) is 16.2. The first-order chi connectivity index (χ1) is 11.2. The van der Waals surface area contributed by atoms with Crippen LogP contribution in [0.2, 0.25) is 5.02 Å². The molecule has 1 nitrogen and oxygen atoms in total. The van der Waals surface area contributed by atoms with E-state index in [0.29, 0.717) is 6.04 Å². The van der Waals surface area contributed by atoms with Crippen LogP contribution in [0.1, 0.15) is 29.2 Å². The maximum absolute atomic E-state index is 6.12. The molecule has 0 amide bonds. The van der Waals surface area contributed by atoms with Gasteiger partial charge in [0.1, 0.15) is 0 Å². The van der Waals surface area contributed by atoms with Crippen LogP contribution in [0.15, 0.2) is 60.7 Å². The van der Waals surface area contributed by atoms with E-state index in [-0.39, 0.29) is 0 Å². The van der Waals surface area contributed by atoms with Crippen LogP contribution in [0, 0.1) is 6.92 Å². The van der Waals surface area contributed by atoms with Gasteiger partial charge in [-0.05, 0) is 66.4 Å². The van der Waals surface area contributed by atoms with Crippen molar-refractivity contribution in [3.05, 3.63) is 82.4 Å². The highest BCUT2D eigenvalue weighted by Crippen LogP contribution is 2.24. The number of nitrogens with one attached hydrogen (secondary N) is 1. The molecule has 3 aromatic rings. The molecule has 1 atom stereocenters. The molecule has 1 unspecified atom stereocenters. The molecule has 0 aliphatic heterocycles. The predicted octanol–water partition coefficient (Wildman–Crippen LogP) is 5.69. The number of hydrogen-bond donors (Lipinski definition) is 1. The first-order valence-corrected chi connectivity index (χ1v) is 8.46. The van der Waals surface area contributed by atoms with Crippen LogP contribution < -0.4 is 5.32 Å². The van der Waals surface area contributed by atoms with Crippen molar-refractivity contribution in [1.29, 1.82) is 0 Å². The van der Waals surface area contributed by atoms with Crippen molar-refractivity contribution >= 4 is 22.4 Å². The Balaban J connectivity index is 1.76. The van der Waals surface area contributed by atoms with Gasteiger partial charge in [0, 0.05) is 11.1 Å². The molecule has 3 aromatic carbocycles. The zero-order valence-electron chi connectivity index (χ0n) is 13.6. The number of rotatable bonds is 5. The Hall–Kier alpha value is -1.83. The largest absolute Gasteiger partial charge is 0.313 e. The van der Waals surface area contributed by atoms with Gasteiger partial charge in [0.15, 0.2) is 0 Å². The first kappa shape index (κ1) is 16.0. The van der Waals surface area contributed by atoms with Gasteiger partial charge in [0.2, 0.25) is 0 Å². The van der Waals surface area contributed by atoms with E-state index in [0.717, 1.165) is 17.9 Å². The topological polar surface area (TPSA) is 12.0 Å². The standard InChI is InChI=1S/C21H22ClN/c1-15-5-3-6-17-13-16(9-11-20(15)17)10-12-21(23-2)18-7-4-8-19(22)14-18/h3-9,11,13-14,21,23H,10,12H2,1-2H3. The molecule has 0 fully saturated rings. The first-order valence-electron chi connectivity index (χ1n) is 8.08. The van der Waals surface area contributed by atoms with E-state index in [9.17, 15) is 0 Å². The summed E-state index contributed by atoms with van der Waals surface area (Å²) >= 11 is 6.12. The van der Waals surface area contributed by atoms with Gasteiger partial charge in [-0.3, -0.25) is 0 Å². The molecule has 0 bridgehead atoms. The molecule has 0 aliphatic carbocycles. The third-order valence-electron chi connectivity index (χ3n) is 4.48.